The number of likely N-dealkylation sites (tertiary alicyclic amines) is 1. The van der Waals surface area contributed by atoms with Gasteiger partial charge in [0.2, 0.25) is 0 Å². The Hall–Kier alpha value is -2.62. The molecule has 0 radical (unpaired) electrons. The molecule has 0 bridgehead atoms. The van der Waals surface area contributed by atoms with Crippen molar-refractivity contribution in [3.8, 4) is 23.1 Å². The Kier molecular flexibility index (Phi) is 6.29. The molecule has 2 fully saturated rings. The number of anilines is 1. The van der Waals surface area contributed by atoms with Gasteiger partial charge >= 0.3 is 0 Å². The van der Waals surface area contributed by atoms with Crippen molar-refractivity contribution in [2.45, 2.75) is 32.7 Å². The van der Waals surface area contributed by atoms with Crippen molar-refractivity contribution >= 4 is 28.5 Å². The summed E-state index contributed by atoms with van der Waals surface area (Å²) < 4.78 is 10.7. The van der Waals surface area contributed by atoms with Gasteiger partial charge < -0.3 is 13.6 Å². The molecule has 1 aromatic heterocycles. The van der Waals surface area contributed by atoms with Crippen molar-refractivity contribution in [1.29, 1.82) is 5.26 Å². The van der Waals surface area contributed by atoms with Crippen molar-refractivity contribution in [1.82, 2.24) is 9.47 Å². The molecule has 0 spiro atoms. The van der Waals surface area contributed by atoms with E-state index in [0.29, 0.717) is 6.61 Å². The number of fused-ring (bicyclic) bond motifs is 1. The molecule has 2 aliphatic heterocycles. The summed E-state index contributed by atoms with van der Waals surface area (Å²) >= 11 is 1.89. The lowest BCUT2D eigenvalue weighted by Crippen LogP contribution is -2.25. The number of aryl methyl sites for hydroxylation is 1. The van der Waals surface area contributed by atoms with Gasteiger partial charge in [-0.15, -0.1) is 0 Å². The average Bonchev–Trinajstić information content (AvgIpc) is 3.59. The maximum atomic E-state index is 10.0. The zero-order valence-corrected chi connectivity index (χ0v) is 19.5. The van der Waals surface area contributed by atoms with Crippen LogP contribution in [0.4, 0.5) is 5.69 Å². The first kappa shape index (κ1) is 21.2. The highest BCUT2D eigenvalue weighted by molar-refractivity contribution is 8.00. The fourth-order valence-electron chi connectivity index (χ4n) is 4.90. The predicted octanol–water partition coefficient (Wildman–Crippen LogP) is 5.53. The molecule has 3 heterocycles. The molecule has 0 atom stereocenters. The summed E-state index contributed by atoms with van der Waals surface area (Å²) in [4.78, 5) is 2.46. The number of nitriles is 1. The van der Waals surface area contributed by atoms with Gasteiger partial charge in [-0.3, -0.25) is 4.90 Å². The van der Waals surface area contributed by atoms with E-state index < -0.39 is 0 Å². The van der Waals surface area contributed by atoms with Crippen LogP contribution in [0.25, 0.3) is 22.2 Å². The van der Waals surface area contributed by atoms with Gasteiger partial charge in [0.1, 0.15) is 18.4 Å². The quantitative estimate of drug-likeness (QED) is 0.446. The van der Waals surface area contributed by atoms with Gasteiger partial charge in [0.05, 0.1) is 16.8 Å². The second-order valence-electron chi connectivity index (χ2n) is 8.49. The van der Waals surface area contributed by atoms with Gasteiger partial charge in [-0.1, -0.05) is 12.1 Å². The molecule has 0 unspecified atom stereocenters. The van der Waals surface area contributed by atoms with E-state index in [9.17, 15) is 5.26 Å². The average molecular weight is 447 g/mol. The molecule has 32 heavy (non-hydrogen) atoms. The van der Waals surface area contributed by atoms with E-state index in [1.54, 1.807) is 0 Å². The van der Waals surface area contributed by atoms with Gasteiger partial charge in [-0.2, -0.15) is 5.26 Å². The topological polar surface area (TPSA) is 44.4 Å². The molecular weight excluding hydrogens is 416 g/mol. The van der Waals surface area contributed by atoms with Crippen LogP contribution >= 0.6 is 11.9 Å². The molecule has 5 rings (SSSR count). The first-order valence-corrected chi connectivity index (χ1v) is 12.6. The first-order valence-electron chi connectivity index (χ1n) is 11.7. The molecular formula is C26H30N4OS. The van der Waals surface area contributed by atoms with Crippen LogP contribution in [-0.4, -0.2) is 48.0 Å². The van der Waals surface area contributed by atoms with Crippen LogP contribution < -0.4 is 9.04 Å². The van der Waals surface area contributed by atoms with E-state index in [1.807, 2.05) is 24.1 Å². The summed E-state index contributed by atoms with van der Waals surface area (Å²) in [5.41, 5.74) is 5.14. The predicted molar refractivity (Wildman–Crippen MR) is 133 cm³/mol. The van der Waals surface area contributed by atoms with E-state index in [4.69, 9.17) is 4.74 Å². The zero-order valence-electron chi connectivity index (χ0n) is 18.7. The van der Waals surface area contributed by atoms with E-state index in [0.717, 1.165) is 53.1 Å². The lowest BCUT2D eigenvalue weighted by molar-refractivity contribution is 0.238. The highest BCUT2D eigenvalue weighted by Crippen LogP contribution is 2.37. The molecule has 166 valence electrons. The largest absolute Gasteiger partial charge is 0.492 e. The van der Waals surface area contributed by atoms with Crippen LogP contribution in [-0.2, 0) is 6.54 Å². The number of benzene rings is 2. The van der Waals surface area contributed by atoms with Crippen molar-refractivity contribution in [3.63, 3.8) is 0 Å². The number of aromatic nitrogens is 1. The van der Waals surface area contributed by atoms with Gasteiger partial charge in [0.15, 0.2) is 0 Å². The number of rotatable bonds is 7. The van der Waals surface area contributed by atoms with Crippen molar-refractivity contribution in [2.24, 2.45) is 0 Å². The summed E-state index contributed by atoms with van der Waals surface area (Å²) in [7, 11) is 0. The molecule has 0 amide bonds. The van der Waals surface area contributed by atoms with Crippen molar-refractivity contribution in [2.75, 3.05) is 42.8 Å². The number of ether oxygens (including phenoxy) is 1. The summed E-state index contributed by atoms with van der Waals surface area (Å²) in [6.45, 7) is 8.09. The normalized spacial score (nSPS) is 16.7. The monoisotopic (exact) mass is 446 g/mol. The molecule has 0 aliphatic carbocycles. The zero-order chi connectivity index (χ0) is 21.9. The van der Waals surface area contributed by atoms with E-state index in [2.05, 4.69) is 57.1 Å². The van der Waals surface area contributed by atoms with Gasteiger partial charge in [-0.05, 0) is 81.1 Å². The number of hydrogen-bond donors (Lipinski definition) is 0. The van der Waals surface area contributed by atoms with Crippen molar-refractivity contribution < 1.29 is 4.74 Å². The Labute approximate surface area is 194 Å². The number of nitrogens with zero attached hydrogens (tertiary/aromatic N) is 4. The smallest absolute Gasteiger partial charge is 0.121 e. The second kappa shape index (κ2) is 9.48. The minimum absolute atomic E-state index is 0.701. The molecule has 6 heteroatoms. The minimum atomic E-state index is 0.701. The minimum Gasteiger partial charge on any atom is -0.492 e. The van der Waals surface area contributed by atoms with Crippen LogP contribution in [0.15, 0.2) is 42.5 Å². The molecule has 2 saturated heterocycles. The van der Waals surface area contributed by atoms with Crippen molar-refractivity contribution in [3.05, 3.63) is 48.0 Å². The SMILES string of the molecule is CCn1c(-c2ccc(N3CCCS3)cc2)c(C#N)c2ccc(OCCN3CCCC3)cc21. The Morgan fingerprint density at radius 2 is 1.84 bits per heavy atom. The fourth-order valence-corrected chi connectivity index (χ4v) is 5.90. The molecule has 2 aliphatic rings. The Morgan fingerprint density at radius 1 is 1.03 bits per heavy atom. The van der Waals surface area contributed by atoms with Gasteiger partial charge in [0, 0.05) is 42.5 Å². The second-order valence-corrected chi connectivity index (χ2v) is 9.60. The lowest BCUT2D eigenvalue weighted by atomic mass is 10.1. The van der Waals surface area contributed by atoms with E-state index in [1.165, 1.54) is 43.8 Å². The van der Waals surface area contributed by atoms with Crippen LogP contribution in [0.5, 0.6) is 5.75 Å². The summed E-state index contributed by atoms with van der Waals surface area (Å²) in [6.07, 6.45) is 3.83. The highest BCUT2D eigenvalue weighted by Gasteiger charge is 2.20. The molecule has 5 nitrogen and oxygen atoms in total. The van der Waals surface area contributed by atoms with Gasteiger partial charge in [-0.25, -0.2) is 0 Å². The number of hydrogen-bond acceptors (Lipinski definition) is 5. The molecule has 3 aromatic rings. The third-order valence-corrected chi connectivity index (χ3v) is 7.70. The summed E-state index contributed by atoms with van der Waals surface area (Å²) in [5.74, 6) is 2.06. The molecule has 0 saturated carbocycles. The third kappa shape index (κ3) is 4.07. The standard InChI is InChI=1S/C26H30N4OS/c1-2-29-25-18-22(31-16-15-28-12-3-4-13-28)10-11-23(25)24(19-27)26(29)20-6-8-21(9-7-20)30-14-5-17-32-30/h6-11,18H,2-5,12-17H2,1H3. The van der Waals surface area contributed by atoms with E-state index in [-0.39, 0.29) is 0 Å². The first-order chi connectivity index (χ1) is 15.8. The Morgan fingerprint density at radius 3 is 2.53 bits per heavy atom. The van der Waals surface area contributed by atoms with Crippen LogP contribution in [0, 0.1) is 11.3 Å². The van der Waals surface area contributed by atoms with E-state index >= 15 is 0 Å². The maximum Gasteiger partial charge on any atom is 0.121 e. The fraction of sp³-hybridized carbons (Fsp3) is 0.423. The van der Waals surface area contributed by atoms with Crippen LogP contribution in [0.1, 0.15) is 31.7 Å². The highest BCUT2D eigenvalue weighted by atomic mass is 32.2. The summed E-state index contributed by atoms with van der Waals surface area (Å²) in [5, 5.41) is 11.0. The Bertz CT molecular complexity index is 1120. The molecule has 2 aromatic carbocycles. The maximum absolute atomic E-state index is 10.0. The van der Waals surface area contributed by atoms with Gasteiger partial charge in [0.25, 0.3) is 0 Å². The third-order valence-electron chi connectivity index (χ3n) is 6.52. The van der Waals surface area contributed by atoms with Crippen LogP contribution in [0.3, 0.4) is 0 Å². The summed E-state index contributed by atoms with van der Waals surface area (Å²) in [6, 6.07) is 17.3. The molecule has 0 N–H and O–H groups in total. The van der Waals surface area contributed by atoms with Crippen LogP contribution in [0.2, 0.25) is 0 Å². The Balaban J connectivity index is 1.44. The lowest BCUT2D eigenvalue weighted by Gasteiger charge is -2.16.